The number of hydrogen-bond acceptors (Lipinski definition) is 6. The summed E-state index contributed by atoms with van der Waals surface area (Å²) in [6, 6.07) is 3.79. The summed E-state index contributed by atoms with van der Waals surface area (Å²) in [6.45, 7) is 2.03. The highest BCUT2D eigenvalue weighted by atomic mass is 16.5. The van der Waals surface area contributed by atoms with Crippen LogP contribution in [0.4, 0.5) is 0 Å². The monoisotopic (exact) mass is 399 g/mol. The third kappa shape index (κ3) is 5.62. The summed E-state index contributed by atoms with van der Waals surface area (Å²) in [5, 5.41) is 7.23. The summed E-state index contributed by atoms with van der Waals surface area (Å²) < 4.78 is 5.42. The molecule has 0 atom stereocenters. The molecule has 2 aromatic heterocycles. The van der Waals surface area contributed by atoms with Gasteiger partial charge in [0, 0.05) is 45.8 Å². The normalized spacial score (nSPS) is 16.1. The molecular weight excluding hydrogens is 370 g/mol. The van der Waals surface area contributed by atoms with E-state index >= 15 is 0 Å². The molecule has 29 heavy (non-hydrogen) atoms. The number of amides is 2. The fourth-order valence-electron chi connectivity index (χ4n) is 3.88. The topological polar surface area (TPSA) is 101 Å². The Balaban J connectivity index is 1.61. The maximum Gasteiger partial charge on any atom is 0.227 e. The molecular formula is C21H29N5O3. The number of aryl methyl sites for hydroxylation is 1. The summed E-state index contributed by atoms with van der Waals surface area (Å²) in [7, 11) is 1.77. The molecule has 8 nitrogen and oxygen atoms in total. The quantitative estimate of drug-likeness (QED) is 0.719. The lowest BCUT2D eigenvalue weighted by molar-refractivity contribution is -0.130. The van der Waals surface area contributed by atoms with Crippen LogP contribution in [0.3, 0.4) is 0 Å². The van der Waals surface area contributed by atoms with Crippen LogP contribution in [0.15, 0.2) is 29.0 Å². The first kappa shape index (κ1) is 21.0. The van der Waals surface area contributed by atoms with Crippen LogP contribution in [-0.2, 0) is 28.1 Å². The van der Waals surface area contributed by atoms with Crippen LogP contribution in [0.2, 0.25) is 0 Å². The van der Waals surface area contributed by atoms with Gasteiger partial charge in [-0.15, -0.1) is 0 Å². The first-order valence-corrected chi connectivity index (χ1v) is 10.2. The third-order valence-electron chi connectivity index (χ3n) is 5.39. The first-order valence-electron chi connectivity index (χ1n) is 10.2. The number of rotatable bonds is 7. The molecule has 1 fully saturated rings. The Labute approximate surface area is 171 Å². The number of nitrogens with one attached hydrogen (secondary N) is 1. The molecule has 1 aliphatic carbocycles. The summed E-state index contributed by atoms with van der Waals surface area (Å²) in [5.41, 5.74) is 0.416. The lowest BCUT2D eigenvalue weighted by atomic mass is 9.89. The second-order valence-electron chi connectivity index (χ2n) is 7.80. The zero-order chi connectivity index (χ0) is 20.7. The number of aromatic nitrogens is 3. The van der Waals surface area contributed by atoms with Crippen LogP contribution in [-0.4, -0.2) is 38.9 Å². The van der Waals surface area contributed by atoms with Crippen molar-refractivity contribution in [2.24, 2.45) is 0 Å². The number of pyridine rings is 1. The van der Waals surface area contributed by atoms with Crippen LogP contribution < -0.4 is 5.32 Å². The Kier molecular flexibility index (Phi) is 6.95. The highest BCUT2D eigenvalue weighted by Crippen LogP contribution is 2.34. The molecule has 1 saturated carbocycles. The average molecular weight is 399 g/mol. The summed E-state index contributed by atoms with van der Waals surface area (Å²) in [5.74, 6) is 0.864. The SMILES string of the molecule is CC(=O)NC1(c2noc(CCC(=O)N(C)Cc3cccnc3)n2)CCCCCC1. The Morgan fingerprint density at radius 3 is 2.66 bits per heavy atom. The zero-order valence-corrected chi connectivity index (χ0v) is 17.2. The van der Waals surface area contributed by atoms with Gasteiger partial charge >= 0.3 is 0 Å². The van der Waals surface area contributed by atoms with Crippen molar-refractivity contribution in [3.05, 3.63) is 41.8 Å². The third-order valence-corrected chi connectivity index (χ3v) is 5.39. The van der Waals surface area contributed by atoms with Crippen LogP contribution in [0.5, 0.6) is 0 Å². The number of carbonyl (C=O) groups excluding carboxylic acids is 2. The van der Waals surface area contributed by atoms with Gasteiger partial charge in [0.05, 0.1) is 0 Å². The van der Waals surface area contributed by atoms with Crippen molar-refractivity contribution in [2.75, 3.05) is 7.05 Å². The molecule has 2 aromatic rings. The van der Waals surface area contributed by atoms with Gasteiger partial charge < -0.3 is 14.7 Å². The average Bonchev–Trinajstić information content (AvgIpc) is 3.07. The maximum absolute atomic E-state index is 12.4. The standard InChI is InChI=1S/C21H29N5O3/c1-16(27)24-21(11-5-3-4-6-12-21)20-23-18(29-25-20)9-10-19(28)26(2)15-17-8-7-13-22-14-17/h7-8,13-14H,3-6,9-12,15H2,1-2H3,(H,24,27). The minimum absolute atomic E-state index is 0.000330. The minimum Gasteiger partial charge on any atom is -0.343 e. The minimum atomic E-state index is -0.564. The van der Waals surface area contributed by atoms with Crippen molar-refractivity contribution in [1.82, 2.24) is 25.3 Å². The molecule has 1 N–H and O–H groups in total. The lowest BCUT2D eigenvalue weighted by Crippen LogP contribution is -2.45. The summed E-state index contributed by atoms with van der Waals surface area (Å²) >= 11 is 0. The largest absolute Gasteiger partial charge is 0.343 e. The summed E-state index contributed by atoms with van der Waals surface area (Å²) in [6.07, 6.45) is 10.0. The fourth-order valence-corrected chi connectivity index (χ4v) is 3.88. The van der Waals surface area contributed by atoms with E-state index in [1.54, 1.807) is 24.3 Å². The van der Waals surface area contributed by atoms with Gasteiger partial charge in [-0.3, -0.25) is 14.6 Å². The molecule has 0 unspecified atom stereocenters. The number of nitrogens with zero attached hydrogens (tertiary/aromatic N) is 4. The Morgan fingerprint density at radius 2 is 2.00 bits per heavy atom. The van der Waals surface area contributed by atoms with Gasteiger partial charge in [0.1, 0.15) is 5.54 Å². The molecule has 1 aliphatic rings. The molecule has 0 bridgehead atoms. The molecule has 8 heteroatoms. The number of carbonyl (C=O) groups is 2. The summed E-state index contributed by atoms with van der Waals surface area (Å²) in [4.78, 5) is 34.5. The van der Waals surface area contributed by atoms with Gasteiger partial charge in [-0.1, -0.05) is 36.9 Å². The molecule has 0 spiro atoms. The fraction of sp³-hybridized carbons (Fsp3) is 0.571. The lowest BCUT2D eigenvalue weighted by Gasteiger charge is -2.30. The van der Waals surface area contributed by atoms with E-state index in [0.29, 0.717) is 24.7 Å². The molecule has 156 valence electrons. The van der Waals surface area contributed by atoms with Crippen molar-refractivity contribution in [1.29, 1.82) is 0 Å². The van der Waals surface area contributed by atoms with Crippen LogP contribution in [0.25, 0.3) is 0 Å². The van der Waals surface area contributed by atoms with E-state index in [1.165, 1.54) is 6.92 Å². The van der Waals surface area contributed by atoms with Crippen molar-refractivity contribution in [3.8, 4) is 0 Å². The molecule has 2 heterocycles. The van der Waals surface area contributed by atoms with Crippen LogP contribution in [0, 0.1) is 0 Å². The Hall–Kier alpha value is -2.77. The smallest absolute Gasteiger partial charge is 0.227 e. The highest BCUT2D eigenvalue weighted by Gasteiger charge is 2.38. The van der Waals surface area contributed by atoms with Gasteiger partial charge in [-0.2, -0.15) is 4.98 Å². The van der Waals surface area contributed by atoms with E-state index in [-0.39, 0.29) is 18.2 Å². The Bertz CT molecular complexity index is 813. The zero-order valence-electron chi connectivity index (χ0n) is 17.2. The molecule has 0 radical (unpaired) electrons. The van der Waals surface area contributed by atoms with E-state index in [1.807, 2.05) is 12.1 Å². The molecule has 2 amide bonds. The first-order chi connectivity index (χ1) is 14.0. The van der Waals surface area contributed by atoms with Gasteiger partial charge in [0.2, 0.25) is 17.7 Å². The van der Waals surface area contributed by atoms with E-state index in [2.05, 4.69) is 20.4 Å². The van der Waals surface area contributed by atoms with E-state index in [9.17, 15) is 9.59 Å². The van der Waals surface area contributed by atoms with Crippen molar-refractivity contribution in [2.45, 2.75) is 70.4 Å². The molecule has 0 aliphatic heterocycles. The maximum atomic E-state index is 12.4. The number of hydrogen-bond donors (Lipinski definition) is 1. The van der Waals surface area contributed by atoms with Crippen LogP contribution >= 0.6 is 0 Å². The van der Waals surface area contributed by atoms with Crippen molar-refractivity contribution < 1.29 is 14.1 Å². The van der Waals surface area contributed by atoms with E-state index in [0.717, 1.165) is 44.1 Å². The van der Waals surface area contributed by atoms with Gasteiger partial charge in [0.25, 0.3) is 0 Å². The predicted octanol–water partition coefficient (Wildman–Crippen LogP) is 2.74. The van der Waals surface area contributed by atoms with E-state index < -0.39 is 5.54 Å². The highest BCUT2D eigenvalue weighted by molar-refractivity contribution is 5.76. The van der Waals surface area contributed by atoms with Crippen LogP contribution in [0.1, 0.15) is 69.1 Å². The second kappa shape index (κ2) is 9.62. The Morgan fingerprint density at radius 1 is 1.24 bits per heavy atom. The van der Waals surface area contributed by atoms with Crippen molar-refractivity contribution in [3.63, 3.8) is 0 Å². The van der Waals surface area contributed by atoms with Gasteiger partial charge in [-0.25, -0.2) is 0 Å². The predicted molar refractivity (Wildman–Crippen MR) is 107 cm³/mol. The van der Waals surface area contributed by atoms with Crippen molar-refractivity contribution >= 4 is 11.8 Å². The molecule has 0 saturated heterocycles. The molecule has 3 rings (SSSR count). The van der Waals surface area contributed by atoms with Gasteiger partial charge in [0.15, 0.2) is 5.82 Å². The van der Waals surface area contributed by atoms with E-state index in [4.69, 9.17) is 4.52 Å². The molecule has 0 aromatic carbocycles. The second-order valence-corrected chi connectivity index (χ2v) is 7.80. The van der Waals surface area contributed by atoms with Gasteiger partial charge in [-0.05, 0) is 24.5 Å².